The zero-order valence-corrected chi connectivity index (χ0v) is 71.0. The number of hydrogen-bond acceptors (Lipinski definition) is 14. The molecule has 0 aromatic heterocycles. The van der Waals surface area contributed by atoms with Crippen molar-refractivity contribution in [2.24, 2.45) is 0 Å². The minimum Gasteiger partial charge on any atom is -0.463 e. The van der Waals surface area contributed by atoms with Gasteiger partial charge in [0.15, 0.2) is 6.10 Å². The topological polar surface area (TPSA) is 231 Å². The number of carbonyl (C=O) groups excluding carboxylic acids is 3. The van der Waals surface area contributed by atoms with Gasteiger partial charge in [-0.3, -0.25) is 32.5 Å². The molecule has 0 aliphatic rings. The predicted molar refractivity (Wildman–Crippen MR) is 454 cm³/mol. The summed E-state index contributed by atoms with van der Waals surface area (Å²) in [6, 6.07) is 0. The Bertz CT molecular complexity index is 2460. The number of carbonyl (C=O) groups is 3. The highest BCUT2D eigenvalue weighted by molar-refractivity contribution is 7.47. The fraction of sp³-hybridized carbons (Fsp3) is 0.747. The van der Waals surface area contributed by atoms with Gasteiger partial charge in [-0.1, -0.05) is 348 Å². The van der Waals surface area contributed by atoms with E-state index in [9.17, 15) is 43.5 Å². The summed E-state index contributed by atoms with van der Waals surface area (Å²) < 4.78 is 61.2. The van der Waals surface area contributed by atoms with Crippen LogP contribution in [0, 0.1) is 0 Å². The number of esters is 3. The molecule has 0 bridgehead atoms. The molecule has 0 fully saturated rings. The summed E-state index contributed by atoms with van der Waals surface area (Å²) in [7, 11) is -9.80. The van der Waals surface area contributed by atoms with Crippen molar-refractivity contribution in [3.63, 3.8) is 0 Å². The van der Waals surface area contributed by atoms with Gasteiger partial charge in [0.05, 0.1) is 26.4 Å². The van der Waals surface area contributed by atoms with Crippen LogP contribution in [-0.2, 0) is 55.8 Å². The van der Waals surface area contributed by atoms with Crippen LogP contribution in [0.15, 0.2) is 122 Å². The molecule has 5 unspecified atom stereocenters. The third-order valence-corrected chi connectivity index (χ3v) is 20.5. The fourth-order valence-corrected chi connectivity index (χ4v) is 13.5. The molecule has 0 saturated heterocycles. The normalized spacial score (nSPS) is 14.4. The summed E-state index contributed by atoms with van der Waals surface area (Å²) in [5.41, 5.74) is 0. The van der Waals surface area contributed by atoms with Crippen LogP contribution in [-0.4, -0.2) is 95.9 Å². The number of rotatable bonds is 83. The van der Waals surface area contributed by atoms with Gasteiger partial charge < -0.3 is 34.2 Å². The Kier molecular flexibility index (Phi) is 80.3. The number of allylic oxidation sites excluding steroid dienone is 20. The molecule has 16 nitrogen and oxygen atoms in total. The van der Waals surface area contributed by atoms with Crippen molar-refractivity contribution in [1.82, 2.24) is 0 Å². The highest BCUT2D eigenvalue weighted by atomic mass is 31.2. The summed E-state index contributed by atoms with van der Waals surface area (Å²) in [6.07, 6.45) is 101. The molecule has 0 aromatic rings. The maximum atomic E-state index is 13.0. The molecule has 0 aliphatic carbocycles. The Labute approximate surface area is 665 Å². The van der Waals surface area contributed by atoms with E-state index in [1.807, 2.05) is 0 Å². The first-order chi connectivity index (χ1) is 53.2. The van der Waals surface area contributed by atoms with Crippen molar-refractivity contribution < 1.29 is 75.8 Å². The van der Waals surface area contributed by atoms with E-state index in [0.717, 1.165) is 141 Å². The zero-order chi connectivity index (χ0) is 79.4. The number of aliphatic hydroxyl groups is 2. The van der Waals surface area contributed by atoms with Gasteiger partial charge in [-0.2, -0.15) is 0 Å². The quantitative estimate of drug-likeness (QED) is 0.0146. The van der Waals surface area contributed by atoms with Crippen LogP contribution in [0.5, 0.6) is 0 Å². The number of unbranched alkanes of at least 4 members (excludes halogenated alkanes) is 40. The number of phosphoric ester groups is 2. The molecule has 18 heteroatoms. The fourth-order valence-electron chi connectivity index (χ4n) is 11.9. The summed E-state index contributed by atoms with van der Waals surface area (Å²) >= 11 is 0. The molecule has 0 heterocycles. The van der Waals surface area contributed by atoms with E-state index in [1.165, 1.54) is 180 Å². The lowest BCUT2D eigenvalue weighted by atomic mass is 10.0. The molecular formula is C91H160O16P2. The van der Waals surface area contributed by atoms with Gasteiger partial charge in [0.25, 0.3) is 0 Å². The second-order valence-electron chi connectivity index (χ2n) is 29.3. The molecule has 0 radical (unpaired) electrons. The van der Waals surface area contributed by atoms with Crippen LogP contribution in [0.2, 0.25) is 0 Å². The lowest BCUT2D eigenvalue weighted by Gasteiger charge is -2.21. The third-order valence-electron chi connectivity index (χ3n) is 18.6. The largest absolute Gasteiger partial charge is 0.472 e. The Hall–Kier alpha value is -4.05. The summed E-state index contributed by atoms with van der Waals surface area (Å²) in [5.74, 6) is -1.59. The zero-order valence-electron chi connectivity index (χ0n) is 69.2. The third kappa shape index (κ3) is 84.7. The number of phosphoric acid groups is 2. The number of hydrogen-bond donors (Lipinski definition) is 4. The van der Waals surface area contributed by atoms with Gasteiger partial charge >= 0.3 is 33.6 Å². The SMILES string of the molecule is CCC/C=C\C/C=C\CCCCCCCC(=O)OC(COC(=O)CCCCCCCCCCC/C=C\C/C=C\C/C=C\C/C=C\CCCCC)COP(=O)(O)OCC(O)COP(=O)(O)OCC(O)COC(=O)CCCCCCCCCCCCCCCCCCCCC/C=C\C/C=C\C/C=C\C/C=C\CCCCC. The molecule has 4 N–H and O–H groups in total. The molecule has 630 valence electrons. The van der Waals surface area contributed by atoms with E-state index < -0.39 is 91.5 Å². The smallest absolute Gasteiger partial charge is 0.463 e. The van der Waals surface area contributed by atoms with Gasteiger partial charge in [0.1, 0.15) is 25.4 Å². The van der Waals surface area contributed by atoms with E-state index in [4.69, 9.17) is 32.3 Å². The van der Waals surface area contributed by atoms with Crippen LogP contribution < -0.4 is 0 Å². The average Bonchev–Trinajstić information content (AvgIpc) is 0.904. The van der Waals surface area contributed by atoms with Crippen LogP contribution >= 0.6 is 15.6 Å². The van der Waals surface area contributed by atoms with Crippen molar-refractivity contribution in [3.8, 4) is 0 Å². The van der Waals surface area contributed by atoms with E-state index >= 15 is 0 Å². The first-order valence-corrected chi connectivity index (χ1v) is 46.8. The van der Waals surface area contributed by atoms with Crippen LogP contribution in [0.4, 0.5) is 0 Å². The lowest BCUT2D eigenvalue weighted by molar-refractivity contribution is -0.161. The Balaban J connectivity index is 4.38. The molecule has 0 rings (SSSR count). The van der Waals surface area contributed by atoms with Crippen molar-refractivity contribution in [2.75, 3.05) is 39.6 Å². The van der Waals surface area contributed by atoms with Crippen LogP contribution in [0.1, 0.15) is 380 Å². The van der Waals surface area contributed by atoms with Crippen molar-refractivity contribution in [2.45, 2.75) is 399 Å². The monoisotopic (exact) mass is 1570 g/mol. The molecular weight excluding hydrogens is 1410 g/mol. The lowest BCUT2D eigenvalue weighted by Crippen LogP contribution is -2.30. The number of ether oxygens (including phenoxy) is 3. The minimum atomic E-state index is -4.94. The first-order valence-electron chi connectivity index (χ1n) is 43.8. The van der Waals surface area contributed by atoms with Crippen molar-refractivity contribution >= 4 is 33.6 Å². The van der Waals surface area contributed by atoms with E-state index in [2.05, 4.69) is 142 Å². The van der Waals surface area contributed by atoms with Gasteiger partial charge in [-0.05, 0) is 135 Å². The maximum Gasteiger partial charge on any atom is 0.472 e. The van der Waals surface area contributed by atoms with Gasteiger partial charge in [0, 0.05) is 19.3 Å². The molecule has 0 aliphatic heterocycles. The average molecular weight is 1570 g/mol. The van der Waals surface area contributed by atoms with Crippen molar-refractivity contribution in [3.05, 3.63) is 122 Å². The minimum absolute atomic E-state index is 0.0861. The second-order valence-corrected chi connectivity index (χ2v) is 32.2. The van der Waals surface area contributed by atoms with E-state index in [0.29, 0.717) is 19.3 Å². The molecule has 0 spiro atoms. The molecule has 0 aromatic carbocycles. The summed E-state index contributed by atoms with van der Waals surface area (Å²) in [5, 5.41) is 20.7. The van der Waals surface area contributed by atoms with Crippen LogP contribution in [0.25, 0.3) is 0 Å². The molecule has 0 amide bonds. The highest BCUT2D eigenvalue weighted by Gasteiger charge is 2.29. The standard InChI is InChI=1S/C91H160O16P2/c1-4-7-10-13-16-19-22-25-27-29-31-33-35-37-38-39-40-41-42-43-44-45-46-48-50-51-53-55-57-60-62-65-68-71-74-77-89(94)101-80-86(92)81-103-108(97,98)104-82-87(93)83-105-109(99,100)106-85-88(107-91(96)79-76-73-70-67-64-59-24-21-18-15-12-9-6-3)84-102-90(95)78-75-72-69-66-63-61-58-56-54-52-49-47-36-34-32-30-28-26-23-20-17-14-11-8-5-2/h12,15-17,19-21,24-28,31-34,37-38,47,49,86-88,92-93H,4-11,13-14,18,22-23,29-30,35-36,39-46,48,50-85H2,1-3H3,(H,97,98)(H,99,100)/b15-12-,19-16-,20-17-,24-21-,27-25-,28-26-,33-31-,34-32-,38-37-,49-47-. The van der Waals surface area contributed by atoms with Gasteiger partial charge in [-0.15, -0.1) is 0 Å². The van der Waals surface area contributed by atoms with Gasteiger partial charge in [-0.25, -0.2) is 9.13 Å². The first kappa shape index (κ1) is 105. The molecule has 5 atom stereocenters. The highest BCUT2D eigenvalue weighted by Crippen LogP contribution is 2.45. The Morgan fingerprint density at radius 2 is 0.477 bits per heavy atom. The predicted octanol–water partition coefficient (Wildman–Crippen LogP) is 26.4. The molecule has 109 heavy (non-hydrogen) atoms. The van der Waals surface area contributed by atoms with E-state index in [-0.39, 0.29) is 19.3 Å². The Morgan fingerprint density at radius 1 is 0.257 bits per heavy atom. The van der Waals surface area contributed by atoms with Crippen LogP contribution in [0.3, 0.4) is 0 Å². The molecule has 0 saturated carbocycles. The van der Waals surface area contributed by atoms with Crippen molar-refractivity contribution in [1.29, 1.82) is 0 Å². The number of aliphatic hydroxyl groups excluding tert-OH is 2. The second kappa shape index (κ2) is 83.4. The Morgan fingerprint density at radius 3 is 0.761 bits per heavy atom. The van der Waals surface area contributed by atoms with E-state index in [1.54, 1.807) is 0 Å². The van der Waals surface area contributed by atoms with Gasteiger partial charge in [0.2, 0.25) is 0 Å². The summed E-state index contributed by atoms with van der Waals surface area (Å²) in [4.78, 5) is 58.7. The summed E-state index contributed by atoms with van der Waals surface area (Å²) in [6.45, 7) is 2.58. The maximum absolute atomic E-state index is 13.0.